The van der Waals surface area contributed by atoms with Gasteiger partial charge in [0.1, 0.15) is 5.75 Å². The molecule has 0 aliphatic heterocycles. The predicted octanol–water partition coefficient (Wildman–Crippen LogP) is 3.54. The maximum atomic E-state index is 12.4. The third-order valence-corrected chi connectivity index (χ3v) is 4.97. The molecule has 1 amide bonds. The molecule has 0 aliphatic rings. The maximum absolute atomic E-state index is 12.4. The minimum absolute atomic E-state index is 0.00703. The summed E-state index contributed by atoms with van der Waals surface area (Å²) in [6.07, 6.45) is 0. The van der Waals surface area contributed by atoms with Crippen molar-refractivity contribution in [3.63, 3.8) is 0 Å². The van der Waals surface area contributed by atoms with Crippen LogP contribution in [0.2, 0.25) is 0 Å². The standard InChI is InChI=1S/C20H22N4O2S/c1-14-8-10-15(11-9-14)19-21-20(23-22-19)27-13-18(25)24(2)12-16-6-4-5-7-17(16)26-3/h4-11H,12-13H2,1-3H3,(H,21,22,23). The lowest BCUT2D eigenvalue weighted by molar-refractivity contribution is -0.127. The number of aromatic nitrogens is 3. The summed E-state index contributed by atoms with van der Waals surface area (Å²) >= 11 is 1.32. The molecule has 2 aromatic carbocycles. The third kappa shape index (κ3) is 4.89. The van der Waals surface area contributed by atoms with E-state index < -0.39 is 0 Å². The molecule has 27 heavy (non-hydrogen) atoms. The smallest absolute Gasteiger partial charge is 0.233 e. The van der Waals surface area contributed by atoms with Crippen LogP contribution in [-0.4, -0.2) is 45.9 Å². The van der Waals surface area contributed by atoms with E-state index in [0.29, 0.717) is 17.5 Å². The summed E-state index contributed by atoms with van der Waals surface area (Å²) in [5.74, 6) is 1.76. The Morgan fingerprint density at radius 3 is 2.67 bits per heavy atom. The van der Waals surface area contributed by atoms with Gasteiger partial charge in [-0.3, -0.25) is 9.89 Å². The molecule has 0 aliphatic carbocycles. The number of carbonyl (C=O) groups is 1. The van der Waals surface area contributed by atoms with Gasteiger partial charge in [0.05, 0.1) is 12.9 Å². The molecule has 3 aromatic rings. The average molecular weight is 382 g/mol. The first-order valence-corrected chi connectivity index (χ1v) is 9.53. The number of aromatic amines is 1. The molecular formula is C20H22N4O2S. The number of aryl methyl sites for hydroxylation is 1. The van der Waals surface area contributed by atoms with Crippen molar-refractivity contribution in [2.24, 2.45) is 0 Å². The second kappa shape index (κ2) is 8.73. The van der Waals surface area contributed by atoms with Gasteiger partial charge in [-0.15, -0.1) is 5.10 Å². The zero-order valence-corrected chi connectivity index (χ0v) is 16.4. The van der Waals surface area contributed by atoms with Crippen LogP contribution in [0.5, 0.6) is 5.75 Å². The monoisotopic (exact) mass is 382 g/mol. The molecule has 1 aromatic heterocycles. The number of thioether (sulfide) groups is 1. The number of methoxy groups -OCH3 is 1. The van der Waals surface area contributed by atoms with E-state index in [1.54, 1.807) is 19.1 Å². The topological polar surface area (TPSA) is 71.1 Å². The zero-order valence-electron chi connectivity index (χ0n) is 15.6. The molecule has 0 saturated carbocycles. The first-order chi connectivity index (χ1) is 13.1. The lowest BCUT2D eigenvalue weighted by atomic mass is 10.1. The van der Waals surface area contributed by atoms with Gasteiger partial charge >= 0.3 is 0 Å². The van der Waals surface area contributed by atoms with E-state index in [0.717, 1.165) is 16.9 Å². The number of carbonyl (C=O) groups excluding carboxylic acids is 1. The minimum Gasteiger partial charge on any atom is -0.496 e. The van der Waals surface area contributed by atoms with E-state index in [4.69, 9.17) is 4.74 Å². The molecule has 140 valence electrons. The molecule has 1 heterocycles. The van der Waals surface area contributed by atoms with Crippen LogP contribution < -0.4 is 4.74 Å². The Morgan fingerprint density at radius 1 is 1.19 bits per heavy atom. The largest absolute Gasteiger partial charge is 0.496 e. The number of ether oxygens (including phenoxy) is 1. The first kappa shape index (κ1) is 19.0. The Labute approximate surface area is 163 Å². The highest BCUT2D eigenvalue weighted by molar-refractivity contribution is 7.99. The molecule has 0 fully saturated rings. The molecule has 3 rings (SSSR count). The second-order valence-electron chi connectivity index (χ2n) is 6.18. The van der Waals surface area contributed by atoms with Crippen LogP contribution >= 0.6 is 11.8 Å². The molecule has 0 saturated heterocycles. The second-order valence-corrected chi connectivity index (χ2v) is 7.13. The van der Waals surface area contributed by atoms with Crippen molar-refractivity contribution in [2.45, 2.75) is 18.6 Å². The fourth-order valence-electron chi connectivity index (χ4n) is 2.57. The van der Waals surface area contributed by atoms with E-state index in [1.807, 2.05) is 55.5 Å². The van der Waals surface area contributed by atoms with Crippen molar-refractivity contribution >= 4 is 17.7 Å². The molecule has 7 heteroatoms. The van der Waals surface area contributed by atoms with Gasteiger partial charge in [0, 0.05) is 24.7 Å². The summed E-state index contributed by atoms with van der Waals surface area (Å²) in [5, 5.41) is 7.68. The molecule has 0 spiro atoms. The van der Waals surface area contributed by atoms with E-state index in [9.17, 15) is 4.79 Å². The van der Waals surface area contributed by atoms with Gasteiger partial charge in [0.2, 0.25) is 11.1 Å². The van der Waals surface area contributed by atoms with Gasteiger partial charge in [0.25, 0.3) is 0 Å². The van der Waals surface area contributed by atoms with Gasteiger partial charge in [-0.05, 0) is 13.0 Å². The first-order valence-electron chi connectivity index (χ1n) is 8.55. The summed E-state index contributed by atoms with van der Waals surface area (Å²) in [6.45, 7) is 2.53. The number of rotatable bonds is 7. The summed E-state index contributed by atoms with van der Waals surface area (Å²) in [4.78, 5) is 18.6. The number of nitrogens with zero attached hydrogens (tertiary/aromatic N) is 3. The zero-order chi connectivity index (χ0) is 19.2. The lowest BCUT2D eigenvalue weighted by Gasteiger charge is -2.18. The summed E-state index contributed by atoms with van der Waals surface area (Å²) < 4.78 is 5.34. The highest BCUT2D eigenvalue weighted by Gasteiger charge is 2.14. The van der Waals surface area contributed by atoms with Crippen molar-refractivity contribution in [1.82, 2.24) is 20.1 Å². The van der Waals surface area contributed by atoms with E-state index >= 15 is 0 Å². The van der Waals surface area contributed by atoms with Crippen LogP contribution in [0.3, 0.4) is 0 Å². The molecule has 0 radical (unpaired) electrons. The van der Waals surface area contributed by atoms with Crippen LogP contribution in [0.1, 0.15) is 11.1 Å². The predicted molar refractivity (Wildman–Crippen MR) is 107 cm³/mol. The fraction of sp³-hybridized carbons (Fsp3) is 0.250. The molecule has 1 N–H and O–H groups in total. The summed E-state index contributed by atoms with van der Waals surface area (Å²) in [7, 11) is 3.41. The van der Waals surface area contributed by atoms with Crippen LogP contribution in [-0.2, 0) is 11.3 Å². The van der Waals surface area contributed by atoms with E-state index in [2.05, 4.69) is 15.2 Å². The molecule has 0 unspecified atom stereocenters. The number of nitrogens with one attached hydrogen (secondary N) is 1. The number of H-pyrrole nitrogens is 1. The van der Waals surface area contributed by atoms with Crippen molar-refractivity contribution < 1.29 is 9.53 Å². The van der Waals surface area contributed by atoms with Gasteiger partial charge in [-0.2, -0.15) is 0 Å². The van der Waals surface area contributed by atoms with Crippen LogP contribution in [0.4, 0.5) is 0 Å². The highest BCUT2D eigenvalue weighted by atomic mass is 32.2. The Morgan fingerprint density at radius 2 is 1.93 bits per heavy atom. The number of benzene rings is 2. The normalized spacial score (nSPS) is 10.6. The number of hydrogen-bond acceptors (Lipinski definition) is 5. The molecule has 6 nitrogen and oxygen atoms in total. The van der Waals surface area contributed by atoms with Crippen molar-refractivity contribution in [2.75, 3.05) is 19.9 Å². The van der Waals surface area contributed by atoms with Crippen LogP contribution in [0.25, 0.3) is 11.4 Å². The van der Waals surface area contributed by atoms with E-state index in [1.165, 1.54) is 17.3 Å². The number of para-hydroxylation sites is 1. The summed E-state index contributed by atoms with van der Waals surface area (Å²) in [5.41, 5.74) is 3.14. The van der Waals surface area contributed by atoms with Gasteiger partial charge in [0.15, 0.2) is 5.82 Å². The van der Waals surface area contributed by atoms with Gasteiger partial charge < -0.3 is 9.64 Å². The van der Waals surface area contributed by atoms with Gasteiger partial charge in [-0.25, -0.2) is 4.98 Å². The Hall–Kier alpha value is -2.80. The summed E-state index contributed by atoms with van der Waals surface area (Å²) in [6, 6.07) is 15.7. The fourth-order valence-corrected chi connectivity index (χ4v) is 3.30. The van der Waals surface area contributed by atoms with Crippen LogP contribution in [0, 0.1) is 6.92 Å². The minimum atomic E-state index is 0.00703. The highest BCUT2D eigenvalue weighted by Crippen LogP contribution is 2.21. The Balaban J connectivity index is 1.56. The average Bonchev–Trinajstić information content (AvgIpc) is 3.16. The maximum Gasteiger partial charge on any atom is 0.233 e. The van der Waals surface area contributed by atoms with Crippen molar-refractivity contribution in [3.8, 4) is 17.1 Å². The van der Waals surface area contributed by atoms with E-state index in [-0.39, 0.29) is 11.7 Å². The quantitative estimate of drug-likeness (QED) is 0.633. The molecular weight excluding hydrogens is 360 g/mol. The van der Waals surface area contributed by atoms with Crippen molar-refractivity contribution in [1.29, 1.82) is 0 Å². The number of hydrogen-bond donors (Lipinski definition) is 1. The number of amides is 1. The molecule has 0 bridgehead atoms. The molecule has 0 atom stereocenters. The Bertz CT molecular complexity index is 908. The van der Waals surface area contributed by atoms with Crippen LogP contribution in [0.15, 0.2) is 53.7 Å². The third-order valence-electron chi connectivity index (χ3n) is 4.14. The Kier molecular flexibility index (Phi) is 6.13. The van der Waals surface area contributed by atoms with Crippen molar-refractivity contribution in [3.05, 3.63) is 59.7 Å². The SMILES string of the molecule is COc1ccccc1CN(C)C(=O)CSc1n[nH]c(-c2ccc(C)cc2)n1. The lowest BCUT2D eigenvalue weighted by Crippen LogP contribution is -2.28. The van der Waals surface area contributed by atoms with Gasteiger partial charge in [-0.1, -0.05) is 59.8 Å².